The first kappa shape index (κ1) is 12.0. The van der Waals surface area contributed by atoms with E-state index in [9.17, 15) is 9.59 Å². The number of hydrogen-bond donors (Lipinski definition) is 1. The number of alkyl halides is 1. The fraction of sp³-hybridized carbons (Fsp3) is 0.375. The molecule has 0 aliphatic heterocycles. The van der Waals surface area contributed by atoms with E-state index in [4.69, 9.17) is 0 Å². The van der Waals surface area contributed by atoms with Crippen LogP contribution in [-0.2, 0) is 9.53 Å². The Labute approximate surface area is 99.5 Å². The van der Waals surface area contributed by atoms with Gasteiger partial charge in [0, 0.05) is 12.6 Å². The van der Waals surface area contributed by atoms with Crippen LogP contribution in [0.5, 0.6) is 0 Å². The van der Waals surface area contributed by atoms with E-state index in [1.54, 1.807) is 0 Å². The zero-order chi connectivity index (χ0) is 11.3. The molecule has 1 aromatic rings. The molecule has 0 aromatic carbocycles. The van der Waals surface area contributed by atoms with E-state index in [2.05, 4.69) is 19.7 Å². The fourth-order valence-corrected chi connectivity index (χ4v) is 1.29. The lowest BCUT2D eigenvalue weighted by molar-refractivity contribution is -0.139. The van der Waals surface area contributed by atoms with Gasteiger partial charge in [-0.3, -0.25) is 9.59 Å². The summed E-state index contributed by atoms with van der Waals surface area (Å²) in [6.45, 7) is 0.193. The molecule has 0 saturated heterocycles. The predicted octanol–water partition coefficient (Wildman–Crippen LogP) is 0.381. The van der Waals surface area contributed by atoms with Crippen LogP contribution in [0.2, 0.25) is 0 Å². The van der Waals surface area contributed by atoms with Crippen LogP contribution in [0.4, 0.5) is 0 Å². The number of methoxy groups -OCH3 is 1. The van der Waals surface area contributed by atoms with Gasteiger partial charge in [-0.15, -0.1) is 0 Å². The number of rotatable bonds is 4. The summed E-state index contributed by atoms with van der Waals surface area (Å²) in [5.41, 5.74) is 0.184. The zero-order valence-electron chi connectivity index (χ0n) is 7.90. The van der Waals surface area contributed by atoms with Gasteiger partial charge in [-0.25, -0.2) is 0 Å². The molecule has 1 aromatic heterocycles. The summed E-state index contributed by atoms with van der Waals surface area (Å²) in [5, 5.41) is 5.98. The summed E-state index contributed by atoms with van der Waals surface area (Å²) in [6.07, 6.45) is 1.30. The number of ether oxygens (including phenoxy) is 1. The first-order chi connectivity index (χ1) is 7.15. The topological polar surface area (TPSA) is 81.4 Å². The summed E-state index contributed by atoms with van der Waals surface area (Å²) in [7, 11) is 1.30. The Morgan fingerprint density at radius 2 is 2.47 bits per heavy atom. The van der Waals surface area contributed by atoms with Crippen LogP contribution in [0.25, 0.3) is 0 Å². The van der Waals surface area contributed by atoms with Gasteiger partial charge in [0.2, 0.25) is 0 Å². The maximum Gasteiger partial charge on any atom is 0.320 e. The van der Waals surface area contributed by atoms with Crippen LogP contribution in [0, 0.1) is 0 Å². The maximum atomic E-state index is 11.3. The van der Waals surface area contributed by atoms with E-state index in [1.165, 1.54) is 19.4 Å². The van der Waals surface area contributed by atoms with Crippen LogP contribution in [-0.4, -0.2) is 34.6 Å². The summed E-state index contributed by atoms with van der Waals surface area (Å²) in [4.78, 5) is 22.3. The number of aromatic nitrogens is 1. The number of esters is 1. The highest BCUT2D eigenvalue weighted by atomic mass is 127. The molecule has 0 radical (unpaired) electrons. The number of hydrogen-bond acceptors (Lipinski definition) is 5. The van der Waals surface area contributed by atoms with Crippen molar-refractivity contribution in [3.8, 4) is 0 Å². The molecule has 82 valence electrons. The Kier molecular flexibility index (Phi) is 4.53. The van der Waals surface area contributed by atoms with Crippen LogP contribution >= 0.6 is 22.6 Å². The van der Waals surface area contributed by atoms with E-state index >= 15 is 0 Å². The van der Waals surface area contributed by atoms with Crippen molar-refractivity contribution in [1.29, 1.82) is 0 Å². The number of carbonyl (C=O) groups excluding carboxylic acids is 2. The molecule has 1 unspecified atom stereocenters. The minimum atomic E-state index is -0.413. The highest BCUT2D eigenvalue weighted by Gasteiger charge is 2.17. The van der Waals surface area contributed by atoms with Crippen LogP contribution in [0.3, 0.4) is 0 Å². The largest absolute Gasteiger partial charge is 0.468 e. The number of nitrogens with zero attached hydrogens (tertiary/aromatic N) is 1. The molecule has 0 saturated carbocycles. The molecular formula is C8H9IN2O4. The average molecular weight is 324 g/mol. The second kappa shape index (κ2) is 5.69. The molecule has 7 heteroatoms. The van der Waals surface area contributed by atoms with E-state index in [-0.39, 0.29) is 24.1 Å². The third-order valence-electron chi connectivity index (χ3n) is 1.57. The number of carbonyl (C=O) groups is 2. The van der Waals surface area contributed by atoms with Gasteiger partial charge in [-0.1, -0.05) is 27.7 Å². The van der Waals surface area contributed by atoms with Gasteiger partial charge >= 0.3 is 5.97 Å². The van der Waals surface area contributed by atoms with E-state index in [0.29, 0.717) is 0 Å². The minimum Gasteiger partial charge on any atom is -0.468 e. The molecule has 0 spiro atoms. The molecule has 1 atom stereocenters. The van der Waals surface area contributed by atoms with Crippen LogP contribution in [0.15, 0.2) is 16.9 Å². The Hall–Kier alpha value is -1.12. The van der Waals surface area contributed by atoms with Crippen LogP contribution in [0.1, 0.15) is 10.5 Å². The number of nitrogens with one attached hydrogen (secondary N) is 1. The molecule has 0 bridgehead atoms. The second-order valence-corrected chi connectivity index (χ2v) is 4.09. The van der Waals surface area contributed by atoms with Gasteiger partial charge in [0.25, 0.3) is 5.91 Å². The van der Waals surface area contributed by atoms with Crippen molar-refractivity contribution < 1.29 is 18.8 Å². The number of amides is 1. The normalized spacial score (nSPS) is 11.9. The highest BCUT2D eigenvalue weighted by Crippen LogP contribution is 2.01. The Balaban J connectivity index is 2.38. The van der Waals surface area contributed by atoms with Crippen molar-refractivity contribution in [3.05, 3.63) is 18.0 Å². The monoisotopic (exact) mass is 324 g/mol. The second-order valence-electron chi connectivity index (χ2n) is 2.59. The summed E-state index contributed by atoms with van der Waals surface area (Å²) in [6, 6.07) is 1.44. The fourth-order valence-electron chi connectivity index (χ4n) is 0.814. The third kappa shape index (κ3) is 3.50. The smallest absolute Gasteiger partial charge is 0.320 e. The summed E-state index contributed by atoms with van der Waals surface area (Å²) >= 11 is 1.89. The zero-order valence-corrected chi connectivity index (χ0v) is 10.1. The molecule has 0 fully saturated rings. The quantitative estimate of drug-likeness (QED) is 0.492. The molecule has 1 heterocycles. The van der Waals surface area contributed by atoms with E-state index < -0.39 is 3.92 Å². The molecule has 15 heavy (non-hydrogen) atoms. The van der Waals surface area contributed by atoms with Crippen molar-refractivity contribution >= 4 is 34.5 Å². The average Bonchev–Trinajstić information content (AvgIpc) is 2.77. The Morgan fingerprint density at radius 1 is 1.73 bits per heavy atom. The predicted molar refractivity (Wildman–Crippen MR) is 58.7 cm³/mol. The molecule has 1 rings (SSSR count). The summed E-state index contributed by atoms with van der Waals surface area (Å²) < 4.78 is 8.60. The standard InChI is InChI=1S/C8H9IN2O4/c1-14-8(13)5(9)4-10-7(12)6-2-3-15-11-6/h2-3,5H,4H2,1H3,(H,10,12). The van der Waals surface area contributed by atoms with Gasteiger partial charge in [0.1, 0.15) is 10.2 Å². The van der Waals surface area contributed by atoms with Crippen molar-refractivity contribution in [2.24, 2.45) is 0 Å². The van der Waals surface area contributed by atoms with Crippen molar-refractivity contribution in [2.45, 2.75) is 3.92 Å². The van der Waals surface area contributed by atoms with Crippen molar-refractivity contribution in [3.63, 3.8) is 0 Å². The minimum absolute atomic E-state index is 0.184. The molecule has 0 aliphatic rings. The molecule has 1 amide bonds. The summed E-state index contributed by atoms with van der Waals surface area (Å²) in [5.74, 6) is -0.759. The Bertz CT molecular complexity index is 338. The van der Waals surface area contributed by atoms with Crippen molar-refractivity contribution in [1.82, 2.24) is 10.5 Å². The third-order valence-corrected chi connectivity index (χ3v) is 2.52. The molecule has 6 nitrogen and oxygen atoms in total. The Morgan fingerprint density at radius 3 is 3.00 bits per heavy atom. The van der Waals surface area contributed by atoms with E-state index in [0.717, 1.165) is 0 Å². The number of halogens is 1. The van der Waals surface area contributed by atoms with Gasteiger partial charge < -0.3 is 14.6 Å². The van der Waals surface area contributed by atoms with Gasteiger partial charge in [0.15, 0.2) is 5.69 Å². The SMILES string of the molecule is COC(=O)C(I)CNC(=O)c1ccon1. The van der Waals surface area contributed by atoms with Crippen molar-refractivity contribution in [2.75, 3.05) is 13.7 Å². The maximum absolute atomic E-state index is 11.3. The molecule has 0 aliphatic carbocycles. The molecular weight excluding hydrogens is 315 g/mol. The first-order valence-electron chi connectivity index (χ1n) is 4.05. The lowest BCUT2D eigenvalue weighted by Crippen LogP contribution is -2.33. The first-order valence-corrected chi connectivity index (χ1v) is 5.30. The van der Waals surface area contributed by atoms with Gasteiger partial charge in [-0.05, 0) is 0 Å². The van der Waals surface area contributed by atoms with Crippen LogP contribution < -0.4 is 5.32 Å². The van der Waals surface area contributed by atoms with E-state index in [1.807, 2.05) is 22.6 Å². The highest BCUT2D eigenvalue weighted by molar-refractivity contribution is 14.1. The molecule has 1 N–H and O–H groups in total. The lowest BCUT2D eigenvalue weighted by atomic mass is 10.4. The van der Waals surface area contributed by atoms with Gasteiger partial charge in [0.05, 0.1) is 7.11 Å². The lowest BCUT2D eigenvalue weighted by Gasteiger charge is -2.07. The van der Waals surface area contributed by atoms with Gasteiger partial charge in [-0.2, -0.15) is 0 Å².